The van der Waals surface area contributed by atoms with E-state index in [2.05, 4.69) is 22.3 Å². The summed E-state index contributed by atoms with van der Waals surface area (Å²) >= 11 is 4.64. The second-order valence-electron chi connectivity index (χ2n) is 0.658. The van der Waals surface area contributed by atoms with Gasteiger partial charge in [-0.2, -0.15) is 0 Å². The molecule has 0 heterocycles. The quantitative estimate of drug-likeness (QED) is 0.273. The van der Waals surface area contributed by atoms with Gasteiger partial charge in [0.1, 0.15) is 0 Å². The van der Waals surface area contributed by atoms with E-state index in [1.54, 1.807) is 0 Å². The molecule has 45 valence electrons. The molecule has 0 bridgehead atoms. The minimum Gasteiger partial charge on any atom is -0.791 e. The normalized spacial score (nSPS) is 16.4. The second-order valence-corrected chi connectivity index (χ2v) is 6.18. The Morgan fingerprint density at radius 1 is 1.75 bits per heavy atom. The first-order chi connectivity index (χ1) is 3.12. The van der Waals surface area contributed by atoms with Gasteiger partial charge in [-0.25, -0.2) is 5.90 Å². The van der Waals surface area contributed by atoms with Crippen molar-refractivity contribution in [1.82, 2.24) is 0 Å². The third kappa shape index (κ3) is 5.60. The standard InChI is InChI=1S/H5N2O2PS2.Zn/c1-4-5(3,6)7-2;/h1-2H2,(H,3,6);/q;+1/p-1. The van der Waals surface area contributed by atoms with Crippen LogP contribution in [0.5, 0.6) is 0 Å². The summed E-state index contributed by atoms with van der Waals surface area (Å²) in [5.41, 5.74) is -3.10. The van der Waals surface area contributed by atoms with E-state index in [0.717, 1.165) is 0 Å². The van der Waals surface area contributed by atoms with Gasteiger partial charge in [-0.15, -0.1) is 0 Å². The van der Waals surface area contributed by atoms with Crippen LogP contribution < -0.4 is 15.9 Å². The van der Waals surface area contributed by atoms with Gasteiger partial charge >= 0.3 is 19.5 Å². The van der Waals surface area contributed by atoms with Crippen molar-refractivity contribution in [1.29, 1.82) is 0 Å². The molecule has 0 aromatic carbocycles. The van der Waals surface area contributed by atoms with Gasteiger partial charge in [-0.3, -0.25) is 9.76 Å². The van der Waals surface area contributed by atoms with Crippen molar-refractivity contribution >= 4 is 29.1 Å². The van der Waals surface area contributed by atoms with Crippen molar-refractivity contribution in [2.75, 3.05) is 0 Å². The van der Waals surface area contributed by atoms with Crippen LogP contribution >= 0.6 is 17.3 Å². The third-order valence-corrected chi connectivity index (χ3v) is 2.84. The SMILES string of the molecule is NOP([O-])(=S)SN.[Zn+]. The Hall–Kier alpha value is 1.46. The van der Waals surface area contributed by atoms with Crippen molar-refractivity contribution in [3.63, 3.8) is 0 Å². The Labute approximate surface area is 69.1 Å². The molecule has 0 aromatic heterocycles. The van der Waals surface area contributed by atoms with Crippen LogP contribution in [0.2, 0.25) is 0 Å². The number of hydrogen-bond donors (Lipinski definition) is 2. The van der Waals surface area contributed by atoms with E-state index in [1.807, 2.05) is 0 Å². The van der Waals surface area contributed by atoms with Gasteiger partial charge in [-0.1, -0.05) is 11.8 Å². The number of hydrogen-bond acceptors (Lipinski definition) is 6. The van der Waals surface area contributed by atoms with E-state index >= 15 is 0 Å². The van der Waals surface area contributed by atoms with Crippen molar-refractivity contribution < 1.29 is 29.0 Å². The summed E-state index contributed by atoms with van der Waals surface area (Å²) < 4.78 is 3.80. The molecule has 0 amide bonds. The molecule has 1 radical (unpaired) electrons. The van der Waals surface area contributed by atoms with Gasteiger partial charge in [-0.05, 0) is 11.6 Å². The van der Waals surface area contributed by atoms with Crippen LogP contribution in [-0.4, -0.2) is 0 Å². The van der Waals surface area contributed by atoms with E-state index in [4.69, 9.17) is 5.14 Å². The van der Waals surface area contributed by atoms with Crippen molar-refractivity contribution in [3.05, 3.63) is 0 Å². The van der Waals surface area contributed by atoms with Crippen molar-refractivity contribution in [2.45, 2.75) is 0 Å². The molecule has 0 aliphatic rings. The molecular formula is H4N2O2PS2Zn. The zero-order valence-corrected chi connectivity index (χ0v) is 9.44. The van der Waals surface area contributed by atoms with E-state index in [0.29, 0.717) is 11.6 Å². The molecule has 0 aliphatic carbocycles. The summed E-state index contributed by atoms with van der Waals surface area (Å²) in [6, 6.07) is 0. The van der Waals surface area contributed by atoms with Gasteiger partial charge in [0, 0.05) is 0 Å². The maximum atomic E-state index is 10.3. The van der Waals surface area contributed by atoms with Gasteiger partial charge in [0.05, 0.1) is 5.69 Å². The summed E-state index contributed by atoms with van der Waals surface area (Å²) in [5.74, 6) is 4.45. The van der Waals surface area contributed by atoms with Crippen LogP contribution in [-0.2, 0) is 35.9 Å². The Bertz CT molecular complexity index is 90.0. The number of nitrogens with two attached hydrogens (primary N) is 2. The molecule has 8 heavy (non-hydrogen) atoms. The maximum absolute atomic E-state index is 10.3. The van der Waals surface area contributed by atoms with Crippen molar-refractivity contribution in [3.8, 4) is 0 Å². The zero-order valence-electron chi connectivity index (χ0n) is 3.94. The molecule has 0 fully saturated rings. The van der Waals surface area contributed by atoms with Crippen LogP contribution in [0.15, 0.2) is 0 Å². The van der Waals surface area contributed by atoms with E-state index < -0.39 is 5.69 Å². The largest absolute Gasteiger partial charge is 1.00 e. The molecule has 0 aromatic rings. The first-order valence-corrected chi connectivity index (χ1v) is 5.32. The predicted octanol–water partition coefficient (Wildman–Crippen LogP) is -0.934. The topological polar surface area (TPSA) is 84.3 Å². The average Bonchev–Trinajstić information content (AvgIpc) is 1.68. The molecule has 1 unspecified atom stereocenters. The monoisotopic (exact) mass is 223 g/mol. The third-order valence-electron chi connectivity index (χ3n) is 0.258. The second kappa shape index (κ2) is 5.26. The van der Waals surface area contributed by atoms with Crippen LogP contribution in [0.25, 0.3) is 0 Å². The molecule has 0 rings (SSSR count). The Kier molecular flexibility index (Phi) is 8.01. The molecule has 8 heteroatoms. The molecule has 1 atom stereocenters. The van der Waals surface area contributed by atoms with E-state index in [1.165, 1.54) is 0 Å². The fraction of sp³-hybridized carbons (Fsp3) is 0. The average molecular weight is 225 g/mol. The molecule has 0 aliphatic heterocycles. The first-order valence-electron chi connectivity index (χ1n) is 1.20. The molecule has 4 nitrogen and oxygen atoms in total. The predicted molar refractivity (Wildman–Crippen MR) is 31.3 cm³/mol. The smallest absolute Gasteiger partial charge is 0.791 e. The molecular weight excluding hydrogens is 221 g/mol. The summed E-state index contributed by atoms with van der Waals surface area (Å²) in [6.45, 7) is 0. The Morgan fingerprint density at radius 3 is 2.12 bits per heavy atom. The Balaban J connectivity index is 0. The molecule has 0 saturated heterocycles. The summed E-state index contributed by atoms with van der Waals surface area (Å²) in [5, 5.41) is 4.76. The van der Waals surface area contributed by atoms with Gasteiger partial charge in [0.2, 0.25) is 0 Å². The molecule has 4 N–H and O–H groups in total. The fourth-order valence-corrected chi connectivity index (χ4v) is 0.224. The molecule has 0 spiro atoms. The summed E-state index contributed by atoms with van der Waals surface area (Å²) in [4.78, 5) is 10.3. The van der Waals surface area contributed by atoms with Crippen LogP contribution in [0, 0.1) is 0 Å². The van der Waals surface area contributed by atoms with Crippen LogP contribution in [0.1, 0.15) is 0 Å². The van der Waals surface area contributed by atoms with E-state index in [-0.39, 0.29) is 19.5 Å². The summed E-state index contributed by atoms with van der Waals surface area (Å²) in [7, 11) is 0. The maximum Gasteiger partial charge on any atom is 1.00 e. The van der Waals surface area contributed by atoms with E-state index in [9.17, 15) is 4.89 Å². The van der Waals surface area contributed by atoms with Crippen molar-refractivity contribution in [2.24, 2.45) is 11.0 Å². The van der Waals surface area contributed by atoms with Crippen LogP contribution in [0.4, 0.5) is 0 Å². The fourth-order valence-electron chi connectivity index (χ4n) is 0.0248. The molecule has 0 saturated carbocycles. The zero-order chi connectivity index (χ0) is 5.91. The first kappa shape index (κ1) is 12.2. The van der Waals surface area contributed by atoms with Gasteiger partial charge < -0.3 is 4.89 Å². The minimum atomic E-state index is -3.10. The minimum absolute atomic E-state index is 0. The summed E-state index contributed by atoms with van der Waals surface area (Å²) in [6.07, 6.45) is 0. The van der Waals surface area contributed by atoms with Gasteiger partial charge in [0.25, 0.3) is 0 Å². The van der Waals surface area contributed by atoms with Gasteiger partial charge in [0.15, 0.2) is 0 Å². The van der Waals surface area contributed by atoms with Crippen LogP contribution in [0.3, 0.4) is 0 Å². The Morgan fingerprint density at radius 2 is 2.12 bits per heavy atom. The number of rotatable bonds is 2.